The Morgan fingerprint density at radius 2 is 2.31 bits per heavy atom. The van der Waals surface area contributed by atoms with Gasteiger partial charge in [-0.05, 0) is 6.07 Å². The highest BCUT2D eigenvalue weighted by Gasteiger charge is 2.15. The van der Waals surface area contributed by atoms with Crippen LogP contribution < -0.4 is 0 Å². The largest absolute Gasteiger partial charge is 0.465 e. The van der Waals surface area contributed by atoms with Crippen LogP contribution in [0.3, 0.4) is 0 Å². The summed E-state index contributed by atoms with van der Waals surface area (Å²) in [7, 11) is 1.31. The molecule has 0 aliphatic carbocycles. The molecule has 0 unspecified atom stereocenters. The molecule has 0 amide bonds. The van der Waals surface area contributed by atoms with Gasteiger partial charge in [0.2, 0.25) is 0 Å². The van der Waals surface area contributed by atoms with Crippen LogP contribution in [0.25, 0.3) is 11.3 Å². The fourth-order valence-electron chi connectivity index (χ4n) is 1.33. The molecule has 1 N–H and O–H groups in total. The van der Waals surface area contributed by atoms with Crippen LogP contribution >= 0.6 is 11.6 Å². The Bertz CT molecular complexity index is 511. The van der Waals surface area contributed by atoms with Gasteiger partial charge >= 0.3 is 5.97 Å². The first-order chi connectivity index (χ1) is 7.74. The minimum absolute atomic E-state index is 0.309. The number of hydrogen-bond acceptors (Lipinski definition) is 4. The number of carbonyl (C=O) groups excluding carboxylic acids is 1. The van der Waals surface area contributed by atoms with Crippen molar-refractivity contribution in [1.29, 1.82) is 0 Å². The molecule has 2 aromatic rings. The van der Waals surface area contributed by atoms with E-state index < -0.39 is 5.97 Å². The van der Waals surface area contributed by atoms with Crippen LogP contribution in [0, 0.1) is 0 Å². The van der Waals surface area contributed by atoms with Gasteiger partial charge in [-0.25, -0.2) is 4.79 Å². The lowest BCUT2D eigenvalue weighted by Crippen LogP contribution is -2.02. The third-order valence-electron chi connectivity index (χ3n) is 2.10. The molecule has 0 radical (unpaired) electrons. The van der Waals surface area contributed by atoms with Gasteiger partial charge in [-0.1, -0.05) is 23.7 Å². The second-order valence-corrected chi connectivity index (χ2v) is 3.39. The van der Waals surface area contributed by atoms with Gasteiger partial charge in [0.25, 0.3) is 0 Å². The van der Waals surface area contributed by atoms with Gasteiger partial charge in [0.05, 0.1) is 23.9 Å². The number of aromatic amines is 1. The number of halogens is 1. The molecule has 16 heavy (non-hydrogen) atoms. The standard InChI is InChI=1S/C10H8ClN3O2/c1-16-10(15)7-4-2-3-6(9(7)11)8-5-12-14-13-8/h2-5H,1H3,(H,12,13,14). The molecule has 0 atom stereocenters. The molecule has 5 nitrogen and oxygen atoms in total. The van der Waals surface area contributed by atoms with Crippen molar-refractivity contribution < 1.29 is 9.53 Å². The number of benzene rings is 1. The van der Waals surface area contributed by atoms with Gasteiger partial charge in [-0.15, -0.1) is 0 Å². The molecule has 1 aromatic carbocycles. The van der Waals surface area contributed by atoms with Crippen molar-refractivity contribution >= 4 is 17.6 Å². The molecule has 0 aliphatic rings. The Labute approximate surface area is 96.4 Å². The van der Waals surface area contributed by atoms with Gasteiger partial charge in [0.15, 0.2) is 0 Å². The summed E-state index contributed by atoms with van der Waals surface area (Å²) in [5.74, 6) is -0.477. The maximum absolute atomic E-state index is 11.4. The average molecular weight is 238 g/mol. The number of nitrogens with one attached hydrogen (secondary N) is 1. The van der Waals surface area contributed by atoms with E-state index in [1.54, 1.807) is 18.2 Å². The van der Waals surface area contributed by atoms with Crippen LogP contribution in [0.15, 0.2) is 24.4 Å². The first-order valence-corrected chi connectivity index (χ1v) is 4.85. The number of methoxy groups -OCH3 is 1. The Hall–Kier alpha value is -1.88. The van der Waals surface area contributed by atoms with Gasteiger partial charge in [0, 0.05) is 5.56 Å². The lowest BCUT2D eigenvalue weighted by molar-refractivity contribution is 0.0601. The number of H-pyrrole nitrogens is 1. The molecule has 0 spiro atoms. The third-order valence-corrected chi connectivity index (χ3v) is 2.50. The number of nitrogens with zero attached hydrogens (tertiary/aromatic N) is 2. The lowest BCUT2D eigenvalue weighted by atomic mass is 10.1. The summed E-state index contributed by atoms with van der Waals surface area (Å²) in [6, 6.07) is 5.06. The average Bonchev–Trinajstić information content (AvgIpc) is 2.82. The first-order valence-electron chi connectivity index (χ1n) is 4.47. The molecule has 0 aliphatic heterocycles. The van der Waals surface area contributed by atoms with Gasteiger partial charge < -0.3 is 4.74 Å². The van der Waals surface area contributed by atoms with E-state index in [0.29, 0.717) is 21.8 Å². The molecule has 0 saturated heterocycles. The summed E-state index contributed by atoms with van der Waals surface area (Å²) in [6.45, 7) is 0. The van der Waals surface area contributed by atoms with Crippen LogP contribution in [-0.2, 0) is 4.74 Å². The molecule has 1 heterocycles. The molecule has 1 aromatic heterocycles. The highest BCUT2D eigenvalue weighted by atomic mass is 35.5. The molecule has 6 heteroatoms. The van der Waals surface area contributed by atoms with Crippen molar-refractivity contribution in [3.8, 4) is 11.3 Å². The molecule has 82 valence electrons. The van der Waals surface area contributed by atoms with Crippen molar-refractivity contribution in [1.82, 2.24) is 15.4 Å². The highest BCUT2D eigenvalue weighted by Crippen LogP contribution is 2.29. The Balaban J connectivity index is 2.53. The summed E-state index contributed by atoms with van der Waals surface area (Å²) < 4.78 is 4.62. The summed E-state index contributed by atoms with van der Waals surface area (Å²) >= 11 is 6.09. The molecule has 0 saturated carbocycles. The van der Waals surface area contributed by atoms with E-state index in [-0.39, 0.29) is 0 Å². The van der Waals surface area contributed by atoms with Gasteiger partial charge in [-0.2, -0.15) is 15.4 Å². The molecule has 0 fully saturated rings. The highest BCUT2D eigenvalue weighted by molar-refractivity contribution is 6.36. The van der Waals surface area contributed by atoms with E-state index in [2.05, 4.69) is 20.1 Å². The number of carbonyl (C=O) groups is 1. The predicted octanol–water partition coefficient (Wildman–Crippen LogP) is 1.91. The number of hydrogen-bond donors (Lipinski definition) is 1. The van der Waals surface area contributed by atoms with Crippen molar-refractivity contribution in [3.05, 3.63) is 35.0 Å². The van der Waals surface area contributed by atoms with E-state index in [4.69, 9.17) is 11.6 Å². The van der Waals surface area contributed by atoms with Crippen molar-refractivity contribution in [3.63, 3.8) is 0 Å². The second-order valence-electron chi connectivity index (χ2n) is 3.01. The zero-order valence-corrected chi connectivity index (χ0v) is 9.15. The summed E-state index contributed by atoms with van der Waals surface area (Å²) in [5, 5.41) is 10.4. The Morgan fingerprint density at radius 3 is 2.94 bits per heavy atom. The molecular weight excluding hydrogens is 230 g/mol. The van der Waals surface area contributed by atoms with Crippen LogP contribution in [0.5, 0.6) is 0 Å². The quantitative estimate of drug-likeness (QED) is 0.811. The normalized spacial score (nSPS) is 10.1. The minimum atomic E-state index is -0.477. The maximum atomic E-state index is 11.4. The van der Waals surface area contributed by atoms with E-state index in [1.807, 2.05) is 0 Å². The van der Waals surface area contributed by atoms with Crippen molar-refractivity contribution in [2.75, 3.05) is 7.11 Å². The molecule has 0 bridgehead atoms. The zero-order valence-electron chi connectivity index (χ0n) is 8.40. The van der Waals surface area contributed by atoms with E-state index >= 15 is 0 Å². The monoisotopic (exact) mass is 237 g/mol. The van der Waals surface area contributed by atoms with Crippen LogP contribution in [-0.4, -0.2) is 28.5 Å². The minimum Gasteiger partial charge on any atom is -0.465 e. The SMILES string of the molecule is COC(=O)c1cccc(-c2cn[nH]n2)c1Cl. The summed E-state index contributed by atoms with van der Waals surface area (Å²) in [6.07, 6.45) is 1.53. The lowest BCUT2D eigenvalue weighted by Gasteiger charge is -2.05. The Kier molecular flexibility index (Phi) is 2.87. The maximum Gasteiger partial charge on any atom is 0.339 e. The van der Waals surface area contributed by atoms with Crippen LogP contribution in [0.2, 0.25) is 5.02 Å². The fraction of sp³-hybridized carbons (Fsp3) is 0.100. The number of aromatic nitrogens is 3. The third kappa shape index (κ3) is 1.77. The second kappa shape index (κ2) is 4.32. The summed E-state index contributed by atoms with van der Waals surface area (Å²) in [5.41, 5.74) is 1.53. The summed E-state index contributed by atoms with van der Waals surface area (Å²) in [4.78, 5) is 11.4. The number of ether oxygens (including phenoxy) is 1. The topological polar surface area (TPSA) is 67.9 Å². The number of esters is 1. The smallest absolute Gasteiger partial charge is 0.339 e. The van der Waals surface area contributed by atoms with E-state index in [0.717, 1.165) is 0 Å². The Morgan fingerprint density at radius 1 is 1.50 bits per heavy atom. The number of rotatable bonds is 2. The molecule has 2 rings (SSSR count). The van der Waals surface area contributed by atoms with Gasteiger partial charge in [0.1, 0.15) is 5.69 Å². The zero-order chi connectivity index (χ0) is 11.5. The van der Waals surface area contributed by atoms with Crippen LogP contribution in [0.1, 0.15) is 10.4 Å². The van der Waals surface area contributed by atoms with E-state index in [9.17, 15) is 4.79 Å². The fourth-order valence-corrected chi connectivity index (χ4v) is 1.63. The van der Waals surface area contributed by atoms with E-state index in [1.165, 1.54) is 13.3 Å². The van der Waals surface area contributed by atoms with Crippen molar-refractivity contribution in [2.45, 2.75) is 0 Å². The molecular formula is C10H8ClN3O2. The first kappa shape index (κ1) is 10.6. The van der Waals surface area contributed by atoms with Gasteiger partial charge in [-0.3, -0.25) is 0 Å². The predicted molar refractivity (Wildman–Crippen MR) is 58.2 cm³/mol. The van der Waals surface area contributed by atoms with Crippen molar-refractivity contribution in [2.24, 2.45) is 0 Å². The van der Waals surface area contributed by atoms with Crippen LogP contribution in [0.4, 0.5) is 0 Å².